The fourth-order valence-corrected chi connectivity index (χ4v) is 2.92. The number of aryl methyl sites for hydroxylation is 1. The lowest BCUT2D eigenvalue weighted by atomic mass is 10.3. The molecule has 1 fully saturated rings. The molecule has 0 unspecified atom stereocenters. The molecule has 3 rings (SSSR count). The Kier molecular flexibility index (Phi) is 6.67. The Morgan fingerprint density at radius 2 is 1.85 bits per heavy atom. The molecule has 0 atom stereocenters. The Hall–Kier alpha value is -2.58. The van der Waals surface area contributed by atoms with Gasteiger partial charge in [0.1, 0.15) is 5.82 Å². The third-order valence-electron chi connectivity index (χ3n) is 4.33. The maximum Gasteiger partial charge on any atom is 0.229 e. The number of nitrogens with one attached hydrogen (secondary N) is 2. The predicted octanol–water partition coefficient (Wildman–Crippen LogP) is 2.29. The summed E-state index contributed by atoms with van der Waals surface area (Å²) in [5.74, 6) is 2.67. The van der Waals surface area contributed by atoms with Crippen molar-refractivity contribution < 1.29 is 14.2 Å². The second-order valence-electron chi connectivity index (χ2n) is 6.29. The minimum Gasteiger partial charge on any atom is -0.493 e. The molecule has 0 amide bonds. The summed E-state index contributed by atoms with van der Waals surface area (Å²) in [6.45, 7) is 7.33. The lowest BCUT2D eigenvalue weighted by molar-refractivity contribution is 0.0398. The first kappa shape index (κ1) is 19.2. The van der Waals surface area contributed by atoms with Crippen LogP contribution in [0, 0.1) is 6.92 Å². The van der Waals surface area contributed by atoms with E-state index in [1.165, 1.54) is 0 Å². The maximum absolute atomic E-state index is 5.38. The Labute approximate surface area is 159 Å². The minimum atomic E-state index is 0.538. The fraction of sp³-hybridized carbons (Fsp3) is 0.474. The van der Waals surface area contributed by atoms with E-state index in [9.17, 15) is 0 Å². The first-order valence-corrected chi connectivity index (χ1v) is 9.06. The molecular formula is C19H27N5O3. The van der Waals surface area contributed by atoms with Crippen LogP contribution in [0.1, 0.15) is 5.69 Å². The standard InChI is InChI=1S/C19H27N5O3/c1-14-12-18(20-6-7-24-8-10-27-11-9-24)23-19(21-14)22-15-4-5-16(25-2)17(13-15)26-3/h4-5,12-13H,6-11H2,1-3H3,(H2,20,21,22,23). The van der Waals surface area contributed by atoms with E-state index in [0.29, 0.717) is 17.4 Å². The number of aromatic nitrogens is 2. The molecule has 0 aliphatic carbocycles. The zero-order chi connectivity index (χ0) is 19.1. The van der Waals surface area contributed by atoms with Gasteiger partial charge in [0.25, 0.3) is 0 Å². The number of nitrogens with zero attached hydrogens (tertiary/aromatic N) is 3. The highest BCUT2D eigenvalue weighted by molar-refractivity contribution is 5.60. The van der Waals surface area contributed by atoms with Gasteiger partial charge in [0.05, 0.1) is 27.4 Å². The summed E-state index contributed by atoms with van der Waals surface area (Å²) in [5.41, 5.74) is 1.72. The van der Waals surface area contributed by atoms with Gasteiger partial charge in [-0.25, -0.2) is 4.98 Å². The summed E-state index contributed by atoms with van der Waals surface area (Å²) in [5, 5.41) is 6.61. The molecule has 2 N–H and O–H groups in total. The van der Waals surface area contributed by atoms with Crippen molar-refractivity contribution in [1.29, 1.82) is 0 Å². The third-order valence-corrected chi connectivity index (χ3v) is 4.33. The van der Waals surface area contributed by atoms with Crippen molar-refractivity contribution in [1.82, 2.24) is 14.9 Å². The second kappa shape index (κ2) is 9.38. The molecule has 27 heavy (non-hydrogen) atoms. The number of hydrogen-bond donors (Lipinski definition) is 2. The SMILES string of the molecule is COc1ccc(Nc2nc(C)cc(NCCN3CCOCC3)n2)cc1OC. The number of methoxy groups -OCH3 is 2. The molecule has 2 heterocycles. The Morgan fingerprint density at radius 1 is 1.07 bits per heavy atom. The first-order chi connectivity index (χ1) is 13.2. The summed E-state index contributed by atoms with van der Waals surface area (Å²) in [6.07, 6.45) is 0. The molecule has 1 aliphatic heterocycles. The van der Waals surface area contributed by atoms with Crippen LogP contribution >= 0.6 is 0 Å². The van der Waals surface area contributed by atoms with Crippen molar-refractivity contribution in [3.05, 3.63) is 30.0 Å². The Bertz CT molecular complexity index is 750. The van der Waals surface area contributed by atoms with E-state index < -0.39 is 0 Å². The molecule has 8 heteroatoms. The van der Waals surface area contributed by atoms with Crippen molar-refractivity contribution >= 4 is 17.5 Å². The molecule has 0 radical (unpaired) electrons. The number of morpholine rings is 1. The van der Waals surface area contributed by atoms with Crippen molar-refractivity contribution in [2.45, 2.75) is 6.92 Å². The highest BCUT2D eigenvalue weighted by Gasteiger charge is 2.10. The number of anilines is 3. The lowest BCUT2D eigenvalue weighted by Crippen LogP contribution is -2.39. The van der Waals surface area contributed by atoms with Crippen LogP contribution in [-0.4, -0.2) is 68.5 Å². The molecule has 1 aliphatic rings. The highest BCUT2D eigenvalue weighted by Crippen LogP contribution is 2.30. The van der Waals surface area contributed by atoms with Crippen molar-refractivity contribution in [2.75, 3.05) is 64.2 Å². The smallest absolute Gasteiger partial charge is 0.229 e. The normalized spacial score (nSPS) is 14.6. The van der Waals surface area contributed by atoms with E-state index in [1.54, 1.807) is 14.2 Å². The van der Waals surface area contributed by atoms with Gasteiger partial charge in [-0.05, 0) is 19.1 Å². The van der Waals surface area contributed by atoms with E-state index in [1.807, 2.05) is 31.2 Å². The Balaban J connectivity index is 1.62. The van der Waals surface area contributed by atoms with Gasteiger partial charge in [0.2, 0.25) is 5.95 Å². The van der Waals surface area contributed by atoms with Crippen LogP contribution in [0.15, 0.2) is 24.3 Å². The molecule has 0 spiro atoms. The van der Waals surface area contributed by atoms with Crippen LogP contribution in [0.5, 0.6) is 11.5 Å². The third kappa shape index (κ3) is 5.45. The van der Waals surface area contributed by atoms with Crippen LogP contribution in [0.2, 0.25) is 0 Å². The molecule has 0 saturated carbocycles. The van der Waals surface area contributed by atoms with Crippen molar-refractivity contribution in [3.63, 3.8) is 0 Å². The molecule has 146 valence electrons. The molecule has 0 bridgehead atoms. The van der Waals surface area contributed by atoms with Gasteiger partial charge in [0.15, 0.2) is 11.5 Å². The minimum absolute atomic E-state index is 0.538. The Morgan fingerprint density at radius 3 is 2.59 bits per heavy atom. The van der Waals surface area contributed by atoms with Gasteiger partial charge in [-0.2, -0.15) is 4.98 Å². The van der Waals surface area contributed by atoms with Crippen molar-refractivity contribution in [3.8, 4) is 11.5 Å². The zero-order valence-electron chi connectivity index (χ0n) is 16.1. The molecule has 2 aromatic rings. The summed E-state index contributed by atoms with van der Waals surface area (Å²) in [4.78, 5) is 11.4. The molecule has 1 aromatic heterocycles. The molecule has 8 nitrogen and oxygen atoms in total. The van der Waals surface area contributed by atoms with E-state index in [4.69, 9.17) is 14.2 Å². The molecule has 1 saturated heterocycles. The van der Waals surface area contributed by atoms with Gasteiger partial charge >= 0.3 is 0 Å². The van der Waals surface area contributed by atoms with Gasteiger partial charge < -0.3 is 24.8 Å². The highest BCUT2D eigenvalue weighted by atomic mass is 16.5. The number of ether oxygens (including phenoxy) is 3. The average Bonchev–Trinajstić information content (AvgIpc) is 2.68. The maximum atomic E-state index is 5.38. The van der Waals surface area contributed by atoms with Crippen molar-refractivity contribution in [2.24, 2.45) is 0 Å². The van der Waals surface area contributed by atoms with Crippen LogP contribution in [0.3, 0.4) is 0 Å². The fourth-order valence-electron chi connectivity index (χ4n) is 2.92. The van der Waals surface area contributed by atoms with Crippen LogP contribution in [0.25, 0.3) is 0 Å². The van der Waals surface area contributed by atoms with E-state index >= 15 is 0 Å². The zero-order valence-corrected chi connectivity index (χ0v) is 16.1. The van der Waals surface area contributed by atoms with E-state index in [2.05, 4.69) is 25.5 Å². The summed E-state index contributed by atoms with van der Waals surface area (Å²) >= 11 is 0. The topological polar surface area (TPSA) is 80.8 Å². The van der Waals surface area contributed by atoms with Crippen LogP contribution in [-0.2, 0) is 4.74 Å². The van der Waals surface area contributed by atoms with Gasteiger partial charge in [-0.1, -0.05) is 0 Å². The summed E-state index contributed by atoms with van der Waals surface area (Å²) in [6, 6.07) is 7.55. The van der Waals surface area contributed by atoms with Gasteiger partial charge in [-0.3, -0.25) is 4.90 Å². The van der Waals surface area contributed by atoms with Crippen LogP contribution < -0.4 is 20.1 Å². The molecule has 1 aromatic carbocycles. The monoisotopic (exact) mass is 373 g/mol. The van der Waals surface area contributed by atoms with Gasteiger partial charge in [0, 0.05) is 49.7 Å². The van der Waals surface area contributed by atoms with E-state index in [-0.39, 0.29) is 0 Å². The van der Waals surface area contributed by atoms with Gasteiger partial charge in [-0.15, -0.1) is 0 Å². The van der Waals surface area contributed by atoms with E-state index in [0.717, 1.165) is 56.6 Å². The molecular weight excluding hydrogens is 346 g/mol. The number of benzene rings is 1. The number of rotatable bonds is 8. The summed E-state index contributed by atoms with van der Waals surface area (Å²) < 4.78 is 16.0. The number of hydrogen-bond acceptors (Lipinski definition) is 8. The van der Waals surface area contributed by atoms with Crippen LogP contribution in [0.4, 0.5) is 17.5 Å². The lowest BCUT2D eigenvalue weighted by Gasteiger charge is -2.26. The first-order valence-electron chi connectivity index (χ1n) is 9.06. The second-order valence-corrected chi connectivity index (χ2v) is 6.29. The largest absolute Gasteiger partial charge is 0.493 e. The predicted molar refractivity (Wildman–Crippen MR) is 105 cm³/mol. The quantitative estimate of drug-likeness (QED) is 0.730. The summed E-state index contributed by atoms with van der Waals surface area (Å²) in [7, 11) is 3.23. The average molecular weight is 373 g/mol.